The number of Topliss-reactive ketones (excluding diaryl/α,β-unsaturated/α-hetero) is 1. The third-order valence-corrected chi connectivity index (χ3v) is 12.0. The first-order chi connectivity index (χ1) is 15.2. The molecule has 0 aromatic carbocycles. The summed E-state index contributed by atoms with van der Waals surface area (Å²) in [6.45, 7) is 23.0. The van der Waals surface area contributed by atoms with Gasteiger partial charge in [0.1, 0.15) is 5.78 Å². The molecule has 1 N–H and O–H groups in total. The monoisotopic (exact) mass is 454 g/mol. The second-order valence-corrected chi connectivity index (χ2v) is 14.0. The standard InChI is InChI=1S/C31H50O2/c1-19(2)21(4)25(32)18-20(3)22-12-16-31(9)24-10-11-26-28(5,6)27(33)14-15-29(26,7)23(24)13-17-30(22,31)8/h19-20,22,25-26,32H,4,10-18H2,1-3,5-9H3/t20-,22-,25-,26+,29-,30-,31+/m1/s1. The van der Waals surface area contributed by atoms with E-state index in [1.165, 1.54) is 38.5 Å². The lowest BCUT2D eigenvalue weighted by molar-refractivity contribution is -0.139. The van der Waals surface area contributed by atoms with E-state index in [9.17, 15) is 9.90 Å². The van der Waals surface area contributed by atoms with Crippen LogP contribution in [0.3, 0.4) is 0 Å². The van der Waals surface area contributed by atoms with Crippen LogP contribution in [0, 0.1) is 45.3 Å². The van der Waals surface area contributed by atoms with E-state index in [4.69, 9.17) is 0 Å². The predicted octanol–water partition coefficient (Wildman–Crippen LogP) is 7.90. The molecule has 0 unspecified atom stereocenters. The first kappa shape index (κ1) is 25.2. The summed E-state index contributed by atoms with van der Waals surface area (Å²) in [6, 6.07) is 0. The van der Waals surface area contributed by atoms with Crippen molar-refractivity contribution in [1.82, 2.24) is 0 Å². The van der Waals surface area contributed by atoms with Crippen LogP contribution >= 0.6 is 0 Å². The minimum absolute atomic E-state index is 0.186. The first-order valence-electron chi connectivity index (χ1n) is 13.8. The largest absolute Gasteiger partial charge is 0.389 e. The number of ketones is 1. The number of hydrogen-bond acceptors (Lipinski definition) is 2. The van der Waals surface area contributed by atoms with Crippen molar-refractivity contribution in [2.75, 3.05) is 0 Å². The number of fused-ring (bicyclic) bond motifs is 4. The molecule has 2 nitrogen and oxygen atoms in total. The normalized spacial score (nSPS) is 41.9. The molecule has 0 aromatic rings. The molecular formula is C31H50O2. The van der Waals surface area contributed by atoms with Crippen molar-refractivity contribution in [2.45, 2.75) is 119 Å². The van der Waals surface area contributed by atoms with Gasteiger partial charge in [-0.2, -0.15) is 0 Å². The lowest BCUT2D eigenvalue weighted by Gasteiger charge is -2.61. The maximum Gasteiger partial charge on any atom is 0.138 e. The molecule has 2 saturated carbocycles. The number of carbonyl (C=O) groups excluding carboxylic acids is 1. The van der Waals surface area contributed by atoms with Gasteiger partial charge in [-0.25, -0.2) is 0 Å². The Kier molecular flexibility index (Phi) is 6.17. The van der Waals surface area contributed by atoms with E-state index in [-0.39, 0.29) is 22.3 Å². The number of hydrogen-bond donors (Lipinski definition) is 1. The second-order valence-electron chi connectivity index (χ2n) is 14.0. The molecule has 0 radical (unpaired) electrons. The fourth-order valence-corrected chi connectivity index (χ4v) is 9.49. The van der Waals surface area contributed by atoms with Gasteiger partial charge in [0, 0.05) is 11.8 Å². The molecule has 7 atom stereocenters. The summed E-state index contributed by atoms with van der Waals surface area (Å²) in [6.07, 6.45) is 9.65. The molecule has 0 aromatic heterocycles. The van der Waals surface area contributed by atoms with Crippen molar-refractivity contribution in [3.63, 3.8) is 0 Å². The van der Waals surface area contributed by atoms with Crippen LogP contribution < -0.4 is 0 Å². The van der Waals surface area contributed by atoms with E-state index >= 15 is 0 Å². The Hall–Kier alpha value is -0.890. The summed E-state index contributed by atoms with van der Waals surface area (Å²) in [5, 5.41) is 10.8. The highest BCUT2D eigenvalue weighted by Crippen LogP contribution is 2.72. The number of aliphatic hydroxyl groups excluding tert-OH is 1. The molecule has 0 heterocycles. The Balaban J connectivity index is 1.64. The molecular weight excluding hydrogens is 404 g/mol. The molecule has 186 valence electrons. The summed E-state index contributed by atoms with van der Waals surface area (Å²) < 4.78 is 0. The van der Waals surface area contributed by atoms with E-state index in [1.807, 2.05) is 0 Å². The van der Waals surface area contributed by atoms with Crippen LogP contribution in [0.25, 0.3) is 0 Å². The zero-order valence-electron chi connectivity index (χ0n) is 22.8. The molecule has 4 aliphatic rings. The van der Waals surface area contributed by atoms with Crippen molar-refractivity contribution >= 4 is 5.78 Å². The highest BCUT2D eigenvalue weighted by molar-refractivity contribution is 5.85. The van der Waals surface area contributed by atoms with Crippen LogP contribution in [0.4, 0.5) is 0 Å². The lowest BCUT2D eigenvalue weighted by Crippen LogP contribution is -2.54. The number of aliphatic hydroxyl groups is 1. The Morgan fingerprint density at radius 3 is 2.27 bits per heavy atom. The van der Waals surface area contributed by atoms with E-state index < -0.39 is 0 Å². The molecule has 0 amide bonds. The number of rotatable bonds is 5. The van der Waals surface area contributed by atoms with E-state index in [2.05, 4.69) is 62.0 Å². The molecule has 2 fully saturated rings. The van der Waals surface area contributed by atoms with Crippen LogP contribution in [-0.2, 0) is 4.79 Å². The molecule has 33 heavy (non-hydrogen) atoms. The number of allylic oxidation sites excluding steroid dienone is 2. The van der Waals surface area contributed by atoms with Gasteiger partial charge in [0.2, 0.25) is 0 Å². The smallest absolute Gasteiger partial charge is 0.138 e. The third kappa shape index (κ3) is 3.47. The average Bonchev–Trinajstić information content (AvgIpc) is 3.02. The third-order valence-electron chi connectivity index (χ3n) is 12.0. The Labute approximate surface area is 203 Å². The predicted molar refractivity (Wildman–Crippen MR) is 138 cm³/mol. The van der Waals surface area contributed by atoms with Crippen molar-refractivity contribution in [3.8, 4) is 0 Å². The van der Waals surface area contributed by atoms with Gasteiger partial charge in [0.05, 0.1) is 6.10 Å². The lowest BCUT2D eigenvalue weighted by atomic mass is 9.43. The van der Waals surface area contributed by atoms with Crippen LogP contribution in [0.2, 0.25) is 0 Å². The van der Waals surface area contributed by atoms with Gasteiger partial charge in [0.25, 0.3) is 0 Å². The van der Waals surface area contributed by atoms with Crippen molar-refractivity contribution in [3.05, 3.63) is 23.3 Å². The summed E-state index contributed by atoms with van der Waals surface area (Å²) in [5.74, 6) is 2.47. The van der Waals surface area contributed by atoms with Gasteiger partial charge in [-0.3, -0.25) is 4.79 Å². The van der Waals surface area contributed by atoms with Crippen molar-refractivity contribution < 1.29 is 9.90 Å². The summed E-state index contributed by atoms with van der Waals surface area (Å²) in [7, 11) is 0. The van der Waals surface area contributed by atoms with Crippen molar-refractivity contribution in [2.24, 2.45) is 45.3 Å². The highest BCUT2D eigenvalue weighted by Gasteiger charge is 2.63. The SMILES string of the molecule is C=C(C(C)C)[C@H](O)C[C@@H](C)[C@H]1CC[C@@]2(C)C3=C(CC[C@]12C)[C@@]1(C)CCC(=O)C(C)(C)[C@@H]1CC3. The first-order valence-corrected chi connectivity index (χ1v) is 13.8. The number of carbonyl (C=O) groups is 1. The Bertz CT molecular complexity index is 862. The van der Waals surface area contributed by atoms with E-state index in [0.717, 1.165) is 24.8 Å². The van der Waals surface area contributed by atoms with Gasteiger partial charge in [0.15, 0.2) is 0 Å². The summed E-state index contributed by atoms with van der Waals surface area (Å²) >= 11 is 0. The Morgan fingerprint density at radius 1 is 0.970 bits per heavy atom. The molecule has 0 spiro atoms. The minimum atomic E-state index is -0.384. The van der Waals surface area contributed by atoms with Crippen LogP contribution in [0.5, 0.6) is 0 Å². The Morgan fingerprint density at radius 2 is 1.64 bits per heavy atom. The van der Waals surface area contributed by atoms with Gasteiger partial charge in [-0.15, -0.1) is 0 Å². The molecule has 4 aliphatic carbocycles. The van der Waals surface area contributed by atoms with Crippen LogP contribution in [0.15, 0.2) is 23.3 Å². The minimum Gasteiger partial charge on any atom is -0.389 e. The summed E-state index contributed by atoms with van der Waals surface area (Å²) in [5.41, 5.74) is 5.09. The average molecular weight is 455 g/mol. The quantitative estimate of drug-likeness (QED) is 0.429. The van der Waals surface area contributed by atoms with Crippen LogP contribution in [-0.4, -0.2) is 17.0 Å². The van der Waals surface area contributed by atoms with Crippen molar-refractivity contribution in [1.29, 1.82) is 0 Å². The maximum absolute atomic E-state index is 12.8. The van der Waals surface area contributed by atoms with Gasteiger partial charge >= 0.3 is 0 Å². The fraction of sp³-hybridized carbons (Fsp3) is 0.839. The highest BCUT2D eigenvalue weighted by atomic mass is 16.3. The van der Waals surface area contributed by atoms with Gasteiger partial charge in [-0.05, 0) is 96.9 Å². The van der Waals surface area contributed by atoms with E-state index in [1.54, 1.807) is 11.1 Å². The second kappa shape index (κ2) is 8.07. The van der Waals surface area contributed by atoms with E-state index in [0.29, 0.717) is 34.9 Å². The topological polar surface area (TPSA) is 37.3 Å². The molecule has 0 saturated heterocycles. The van der Waals surface area contributed by atoms with Gasteiger partial charge < -0.3 is 5.11 Å². The zero-order chi connectivity index (χ0) is 24.6. The van der Waals surface area contributed by atoms with Gasteiger partial charge in [-0.1, -0.05) is 73.1 Å². The van der Waals surface area contributed by atoms with Crippen LogP contribution in [0.1, 0.15) is 113 Å². The molecule has 2 heteroatoms. The maximum atomic E-state index is 12.8. The summed E-state index contributed by atoms with van der Waals surface area (Å²) in [4.78, 5) is 12.8. The molecule has 0 bridgehead atoms. The molecule has 0 aliphatic heterocycles. The zero-order valence-corrected chi connectivity index (χ0v) is 22.8. The fourth-order valence-electron chi connectivity index (χ4n) is 9.49. The molecule has 4 rings (SSSR count).